The first-order valence-corrected chi connectivity index (χ1v) is 14.2. The van der Waals surface area contributed by atoms with Crippen molar-refractivity contribution < 1.29 is 47.6 Å². The van der Waals surface area contributed by atoms with E-state index >= 15 is 0 Å². The van der Waals surface area contributed by atoms with Crippen molar-refractivity contribution in [2.75, 3.05) is 20.3 Å². The summed E-state index contributed by atoms with van der Waals surface area (Å²) in [5, 5.41) is 0. The number of benzene rings is 1. The minimum Gasteiger partial charge on any atom is -0.468 e. The van der Waals surface area contributed by atoms with Gasteiger partial charge in [0.25, 0.3) is 0 Å². The fourth-order valence-corrected chi connectivity index (χ4v) is 3.83. The summed E-state index contributed by atoms with van der Waals surface area (Å²) >= 11 is 0. The highest BCUT2D eigenvalue weighted by molar-refractivity contribution is 5.81. The van der Waals surface area contributed by atoms with Crippen LogP contribution < -0.4 is 15.2 Å². The Morgan fingerprint density at radius 3 is 1.86 bits per heavy atom. The summed E-state index contributed by atoms with van der Waals surface area (Å²) in [6, 6.07) is 4.37. The first-order chi connectivity index (χ1) is 19.3. The molecule has 1 rings (SSSR count). The van der Waals surface area contributed by atoms with E-state index in [-0.39, 0.29) is 60.3 Å². The van der Waals surface area contributed by atoms with E-state index in [1.807, 2.05) is 48.5 Å². The number of methoxy groups -OCH3 is 1. The first-order valence-electron chi connectivity index (χ1n) is 14.2. The smallest absolute Gasteiger partial charge is 0.468 e. The molecule has 0 fully saturated rings. The maximum Gasteiger partial charge on any atom is 0.513 e. The zero-order valence-electron chi connectivity index (χ0n) is 26.8. The van der Waals surface area contributed by atoms with E-state index in [1.54, 1.807) is 19.9 Å². The van der Waals surface area contributed by atoms with Crippen molar-refractivity contribution in [3.8, 4) is 11.5 Å². The topological polar surface area (TPSA) is 150 Å². The van der Waals surface area contributed by atoms with E-state index in [2.05, 4.69) is 0 Å². The lowest BCUT2D eigenvalue weighted by Crippen LogP contribution is -2.53. The van der Waals surface area contributed by atoms with Crippen LogP contribution in [0, 0.1) is 16.7 Å². The normalized spacial score (nSPS) is 14.5. The Morgan fingerprint density at radius 1 is 0.857 bits per heavy atom. The molecule has 0 heterocycles. The second-order valence-corrected chi connectivity index (χ2v) is 13.1. The molecule has 0 aliphatic rings. The van der Waals surface area contributed by atoms with Gasteiger partial charge in [0, 0.05) is 12.8 Å². The van der Waals surface area contributed by atoms with E-state index in [9.17, 15) is 19.2 Å². The molecule has 2 N–H and O–H groups in total. The summed E-state index contributed by atoms with van der Waals surface area (Å²) in [4.78, 5) is 50.1. The maximum atomic E-state index is 12.8. The minimum absolute atomic E-state index is 0.0363. The molecule has 0 bridgehead atoms. The molecule has 0 radical (unpaired) electrons. The Morgan fingerprint density at radius 2 is 1.38 bits per heavy atom. The number of nitrogens with two attached hydrogens (primary N) is 1. The highest BCUT2D eigenvalue weighted by atomic mass is 16.7. The zero-order valence-corrected chi connectivity index (χ0v) is 26.8. The average molecular weight is 596 g/mol. The van der Waals surface area contributed by atoms with E-state index in [4.69, 9.17) is 34.2 Å². The van der Waals surface area contributed by atoms with Crippen molar-refractivity contribution in [3.05, 3.63) is 23.8 Å². The van der Waals surface area contributed by atoms with Gasteiger partial charge in [0.05, 0.1) is 26.2 Å². The van der Waals surface area contributed by atoms with E-state index in [1.165, 1.54) is 19.2 Å². The molecular formula is C31H49NO10. The summed E-state index contributed by atoms with van der Waals surface area (Å²) in [5.41, 5.74) is 4.79. The number of carbonyl (C=O) groups excluding carboxylic acids is 4. The van der Waals surface area contributed by atoms with Gasteiger partial charge >= 0.3 is 24.2 Å². The number of hydrogen-bond acceptors (Lipinski definition) is 11. The standard InChI is InChI=1S/C31H49NO10/c1-11-12-20(2)25(33)40-21(3)16-31(32,26(34)37-10)17-22-13-14-23(41-27(35)38-18-29(4,5)6)24(15-22)42-28(36)39-19-30(7,8)9/h13-15,20-21H,11-12,16-19,32H2,1-10H3/t20?,21-,31?/m0/s1. The van der Waals surface area contributed by atoms with Gasteiger partial charge in [-0.2, -0.15) is 0 Å². The summed E-state index contributed by atoms with van der Waals surface area (Å²) in [6.45, 7) is 16.9. The predicted octanol–water partition coefficient (Wildman–Crippen LogP) is 5.98. The Hall–Kier alpha value is -3.34. The fraction of sp³-hybridized carbons (Fsp3) is 0.677. The molecule has 0 aromatic heterocycles. The largest absolute Gasteiger partial charge is 0.513 e. The molecule has 11 heteroatoms. The van der Waals surface area contributed by atoms with Gasteiger partial charge in [-0.15, -0.1) is 0 Å². The summed E-state index contributed by atoms with van der Waals surface area (Å²) in [7, 11) is 1.21. The third kappa shape index (κ3) is 13.5. The second kappa shape index (κ2) is 15.8. The minimum atomic E-state index is -1.60. The molecule has 1 aromatic rings. The molecule has 11 nitrogen and oxygen atoms in total. The van der Waals surface area contributed by atoms with Crippen molar-refractivity contribution in [1.29, 1.82) is 0 Å². The average Bonchev–Trinajstić information content (AvgIpc) is 2.86. The molecule has 0 aliphatic heterocycles. The number of carbonyl (C=O) groups is 4. The number of esters is 2. The molecule has 2 unspecified atom stereocenters. The van der Waals surface area contributed by atoms with Gasteiger partial charge < -0.3 is 34.2 Å². The quantitative estimate of drug-likeness (QED) is 0.163. The lowest BCUT2D eigenvalue weighted by Gasteiger charge is -2.30. The zero-order chi connectivity index (χ0) is 32.3. The van der Waals surface area contributed by atoms with Crippen LogP contribution >= 0.6 is 0 Å². The van der Waals surface area contributed by atoms with Gasteiger partial charge in [-0.05, 0) is 41.9 Å². The molecular weight excluding hydrogens is 546 g/mol. The summed E-state index contributed by atoms with van der Waals surface area (Å²) in [6.07, 6.45) is -1.29. The van der Waals surface area contributed by atoms with Crippen molar-refractivity contribution in [3.63, 3.8) is 0 Å². The van der Waals surface area contributed by atoms with Crippen LogP contribution in [0.15, 0.2) is 18.2 Å². The van der Waals surface area contributed by atoms with Gasteiger partial charge in [-0.1, -0.05) is 67.9 Å². The fourth-order valence-electron chi connectivity index (χ4n) is 3.83. The van der Waals surface area contributed by atoms with Crippen LogP contribution in [0.5, 0.6) is 11.5 Å². The van der Waals surface area contributed by atoms with Crippen LogP contribution in [0.1, 0.15) is 87.1 Å². The van der Waals surface area contributed by atoms with E-state index in [0.717, 1.165) is 6.42 Å². The van der Waals surface area contributed by atoms with Gasteiger partial charge in [0.1, 0.15) is 11.6 Å². The van der Waals surface area contributed by atoms with Crippen molar-refractivity contribution in [1.82, 2.24) is 0 Å². The molecule has 0 saturated heterocycles. The van der Waals surface area contributed by atoms with Gasteiger partial charge in [0.2, 0.25) is 0 Å². The second-order valence-electron chi connectivity index (χ2n) is 13.1. The molecule has 3 atom stereocenters. The highest BCUT2D eigenvalue weighted by Gasteiger charge is 2.38. The molecule has 0 aliphatic carbocycles. The maximum absolute atomic E-state index is 12.8. The first kappa shape index (κ1) is 36.7. The van der Waals surface area contributed by atoms with Gasteiger partial charge in [-0.25, -0.2) is 9.59 Å². The predicted molar refractivity (Wildman–Crippen MR) is 156 cm³/mol. The van der Waals surface area contributed by atoms with Crippen LogP contribution in [-0.2, 0) is 35.0 Å². The lowest BCUT2D eigenvalue weighted by molar-refractivity contribution is -0.157. The van der Waals surface area contributed by atoms with Crippen LogP contribution in [0.4, 0.5) is 9.59 Å². The van der Waals surface area contributed by atoms with Crippen LogP contribution in [0.2, 0.25) is 0 Å². The van der Waals surface area contributed by atoms with Crippen molar-refractivity contribution >= 4 is 24.2 Å². The van der Waals surface area contributed by atoms with Crippen molar-refractivity contribution in [2.24, 2.45) is 22.5 Å². The Kier molecular flexibility index (Phi) is 13.8. The van der Waals surface area contributed by atoms with Crippen LogP contribution in [-0.4, -0.2) is 56.2 Å². The third-order valence-electron chi connectivity index (χ3n) is 5.85. The molecule has 42 heavy (non-hydrogen) atoms. The Labute approximate surface area is 249 Å². The van der Waals surface area contributed by atoms with E-state index < -0.39 is 29.9 Å². The van der Waals surface area contributed by atoms with Gasteiger partial charge in [0.15, 0.2) is 11.5 Å². The molecule has 1 aromatic carbocycles. The third-order valence-corrected chi connectivity index (χ3v) is 5.85. The number of hydrogen-bond donors (Lipinski definition) is 1. The van der Waals surface area contributed by atoms with Crippen molar-refractivity contribution in [2.45, 2.75) is 99.6 Å². The van der Waals surface area contributed by atoms with Gasteiger partial charge in [-0.3, -0.25) is 9.59 Å². The molecule has 238 valence electrons. The molecule has 0 saturated carbocycles. The SMILES string of the molecule is CCCC(C)C(=O)O[C@@H](C)CC(N)(Cc1ccc(OC(=O)OCC(C)(C)C)c(OC(=O)OCC(C)(C)C)c1)C(=O)OC. The number of ether oxygens (including phenoxy) is 6. The highest BCUT2D eigenvalue weighted by Crippen LogP contribution is 2.32. The van der Waals surface area contributed by atoms with Crippen LogP contribution in [0.3, 0.4) is 0 Å². The summed E-state index contributed by atoms with van der Waals surface area (Å²) < 4.78 is 31.6. The molecule has 0 spiro atoms. The lowest BCUT2D eigenvalue weighted by atomic mass is 9.86. The monoisotopic (exact) mass is 595 g/mol. The Balaban J connectivity index is 3.26. The summed E-state index contributed by atoms with van der Waals surface area (Å²) in [5.74, 6) is -1.62. The van der Waals surface area contributed by atoms with E-state index in [0.29, 0.717) is 12.0 Å². The molecule has 0 amide bonds. The van der Waals surface area contributed by atoms with Crippen LogP contribution in [0.25, 0.3) is 0 Å². The number of rotatable bonds is 13. The Bertz CT molecular complexity index is 1070.